The molecule has 0 amide bonds. The molecule has 1 aliphatic heterocycles. The van der Waals surface area contributed by atoms with Gasteiger partial charge in [-0.15, -0.1) is 0 Å². The second-order valence-electron chi connectivity index (χ2n) is 5.45. The van der Waals surface area contributed by atoms with Gasteiger partial charge in [0.1, 0.15) is 5.75 Å². The first kappa shape index (κ1) is 13.2. The fourth-order valence-electron chi connectivity index (χ4n) is 3.12. The summed E-state index contributed by atoms with van der Waals surface area (Å²) >= 11 is 0. The zero-order valence-electron chi connectivity index (χ0n) is 11.9. The standard InChI is InChI=1S/C18H21NO/c1-20-17-9-5-8-15(13-17)18-16(10-11-19-18)12-14-6-3-2-4-7-14/h2-9,13,16,18-19H,10-12H2,1H3. The molecule has 104 valence electrons. The number of methoxy groups -OCH3 is 1. The Hall–Kier alpha value is -1.80. The van der Waals surface area contributed by atoms with E-state index in [1.165, 1.54) is 17.5 Å². The summed E-state index contributed by atoms with van der Waals surface area (Å²) in [5.41, 5.74) is 2.76. The van der Waals surface area contributed by atoms with E-state index in [9.17, 15) is 0 Å². The Bertz CT molecular complexity index is 552. The average Bonchev–Trinajstić information content (AvgIpc) is 2.96. The minimum absolute atomic E-state index is 0.435. The first-order chi connectivity index (χ1) is 9.86. The molecule has 2 aromatic carbocycles. The van der Waals surface area contributed by atoms with Crippen LogP contribution in [0.5, 0.6) is 5.75 Å². The summed E-state index contributed by atoms with van der Waals surface area (Å²) in [6.07, 6.45) is 2.37. The van der Waals surface area contributed by atoms with Gasteiger partial charge in [0.2, 0.25) is 0 Å². The Labute approximate surface area is 120 Å². The first-order valence-corrected chi connectivity index (χ1v) is 7.28. The van der Waals surface area contributed by atoms with Crippen LogP contribution in [0.4, 0.5) is 0 Å². The molecule has 2 unspecified atom stereocenters. The lowest BCUT2D eigenvalue weighted by atomic mass is 9.88. The van der Waals surface area contributed by atoms with E-state index in [4.69, 9.17) is 4.74 Å². The number of ether oxygens (including phenoxy) is 1. The fourth-order valence-corrected chi connectivity index (χ4v) is 3.12. The summed E-state index contributed by atoms with van der Waals surface area (Å²) in [6.45, 7) is 1.10. The maximum atomic E-state index is 5.34. The number of hydrogen-bond acceptors (Lipinski definition) is 2. The van der Waals surface area contributed by atoms with E-state index in [2.05, 4.69) is 53.8 Å². The summed E-state index contributed by atoms with van der Waals surface area (Å²) in [7, 11) is 1.72. The van der Waals surface area contributed by atoms with Gasteiger partial charge in [0.25, 0.3) is 0 Å². The van der Waals surface area contributed by atoms with Gasteiger partial charge < -0.3 is 10.1 Å². The molecule has 0 aromatic heterocycles. The molecular weight excluding hydrogens is 246 g/mol. The average molecular weight is 267 g/mol. The van der Waals surface area contributed by atoms with Crippen molar-refractivity contribution in [1.82, 2.24) is 5.32 Å². The molecule has 2 heteroatoms. The number of rotatable bonds is 4. The topological polar surface area (TPSA) is 21.3 Å². The van der Waals surface area contributed by atoms with Gasteiger partial charge in [-0.3, -0.25) is 0 Å². The van der Waals surface area contributed by atoms with Gasteiger partial charge in [-0.05, 0) is 48.6 Å². The van der Waals surface area contributed by atoms with Gasteiger partial charge >= 0.3 is 0 Å². The zero-order chi connectivity index (χ0) is 13.8. The molecule has 1 saturated heterocycles. The second kappa shape index (κ2) is 6.10. The lowest BCUT2D eigenvalue weighted by Gasteiger charge is -2.20. The summed E-state index contributed by atoms with van der Waals surface area (Å²) in [5.74, 6) is 1.60. The zero-order valence-corrected chi connectivity index (χ0v) is 11.9. The molecule has 0 aliphatic carbocycles. The number of hydrogen-bond donors (Lipinski definition) is 1. The molecule has 2 atom stereocenters. The predicted molar refractivity (Wildman–Crippen MR) is 82.0 cm³/mol. The van der Waals surface area contributed by atoms with Crippen molar-refractivity contribution in [2.75, 3.05) is 13.7 Å². The van der Waals surface area contributed by atoms with E-state index in [-0.39, 0.29) is 0 Å². The van der Waals surface area contributed by atoms with Crippen molar-refractivity contribution >= 4 is 0 Å². The van der Waals surface area contributed by atoms with Crippen molar-refractivity contribution in [3.8, 4) is 5.75 Å². The normalized spacial score (nSPS) is 21.9. The molecule has 2 nitrogen and oxygen atoms in total. The predicted octanol–water partition coefficient (Wildman–Crippen LogP) is 3.59. The maximum absolute atomic E-state index is 5.34. The van der Waals surface area contributed by atoms with Crippen LogP contribution in [0.15, 0.2) is 54.6 Å². The van der Waals surface area contributed by atoms with E-state index < -0.39 is 0 Å². The molecule has 1 heterocycles. The fraction of sp³-hybridized carbons (Fsp3) is 0.333. The van der Waals surface area contributed by atoms with Gasteiger partial charge in [-0.2, -0.15) is 0 Å². The van der Waals surface area contributed by atoms with Crippen LogP contribution in [0.25, 0.3) is 0 Å². The third-order valence-electron chi connectivity index (χ3n) is 4.14. The smallest absolute Gasteiger partial charge is 0.119 e. The van der Waals surface area contributed by atoms with Crippen LogP contribution in [-0.2, 0) is 6.42 Å². The van der Waals surface area contributed by atoms with Crippen LogP contribution < -0.4 is 10.1 Å². The Morgan fingerprint density at radius 1 is 1.10 bits per heavy atom. The van der Waals surface area contributed by atoms with Gasteiger partial charge in [-0.1, -0.05) is 42.5 Å². The lowest BCUT2D eigenvalue weighted by Crippen LogP contribution is -2.19. The Morgan fingerprint density at radius 2 is 1.95 bits per heavy atom. The highest BCUT2D eigenvalue weighted by molar-refractivity contribution is 5.32. The summed E-state index contributed by atoms with van der Waals surface area (Å²) in [6, 6.07) is 19.6. The van der Waals surface area contributed by atoms with Crippen molar-refractivity contribution < 1.29 is 4.74 Å². The highest BCUT2D eigenvalue weighted by atomic mass is 16.5. The minimum Gasteiger partial charge on any atom is -0.497 e. The van der Waals surface area contributed by atoms with Crippen LogP contribution >= 0.6 is 0 Å². The van der Waals surface area contributed by atoms with Crippen LogP contribution in [0, 0.1) is 5.92 Å². The molecule has 3 rings (SSSR count). The highest BCUT2D eigenvalue weighted by Crippen LogP contribution is 2.33. The number of benzene rings is 2. The molecule has 0 spiro atoms. The van der Waals surface area contributed by atoms with E-state index in [0.29, 0.717) is 12.0 Å². The Balaban J connectivity index is 1.78. The molecule has 20 heavy (non-hydrogen) atoms. The van der Waals surface area contributed by atoms with Gasteiger partial charge in [-0.25, -0.2) is 0 Å². The van der Waals surface area contributed by atoms with Crippen molar-refractivity contribution in [2.24, 2.45) is 5.92 Å². The first-order valence-electron chi connectivity index (χ1n) is 7.28. The largest absolute Gasteiger partial charge is 0.497 e. The van der Waals surface area contributed by atoms with Crippen LogP contribution in [0.2, 0.25) is 0 Å². The molecule has 1 N–H and O–H groups in total. The van der Waals surface area contributed by atoms with Crippen LogP contribution in [0.3, 0.4) is 0 Å². The van der Waals surface area contributed by atoms with Gasteiger partial charge in [0, 0.05) is 6.04 Å². The Morgan fingerprint density at radius 3 is 2.75 bits per heavy atom. The third-order valence-corrected chi connectivity index (χ3v) is 4.14. The van der Waals surface area contributed by atoms with Gasteiger partial charge in [0.05, 0.1) is 7.11 Å². The van der Waals surface area contributed by atoms with Crippen LogP contribution in [0.1, 0.15) is 23.6 Å². The van der Waals surface area contributed by atoms with Crippen molar-refractivity contribution in [3.05, 3.63) is 65.7 Å². The second-order valence-corrected chi connectivity index (χ2v) is 5.45. The van der Waals surface area contributed by atoms with E-state index >= 15 is 0 Å². The van der Waals surface area contributed by atoms with Crippen molar-refractivity contribution in [1.29, 1.82) is 0 Å². The van der Waals surface area contributed by atoms with E-state index in [1.54, 1.807) is 7.11 Å². The Kier molecular flexibility index (Phi) is 4.03. The quantitative estimate of drug-likeness (QED) is 0.914. The van der Waals surface area contributed by atoms with E-state index in [1.807, 2.05) is 6.07 Å². The maximum Gasteiger partial charge on any atom is 0.119 e. The molecule has 0 radical (unpaired) electrons. The van der Waals surface area contributed by atoms with E-state index in [0.717, 1.165) is 18.7 Å². The van der Waals surface area contributed by atoms with Crippen LogP contribution in [-0.4, -0.2) is 13.7 Å². The highest BCUT2D eigenvalue weighted by Gasteiger charge is 2.28. The van der Waals surface area contributed by atoms with Gasteiger partial charge in [0.15, 0.2) is 0 Å². The summed E-state index contributed by atoms with van der Waals surface area (Å²) < 4.78 is 5.34. The molecule has 0 saturated carbocycles. The minimum atomic E-state index is 0.435. The molecule has 2 aromatic rings. The summed E-state index contributed by atoms with van der Waals surface area (Å²) in [5, 5.41) is 3.64. The lowest BCUT2D eigenvalue weighted by molar-refractivity contribution is 0.410. The molecule has 1 fully saturated rings. The van der Waals surface area contributed by atoms with Crippen molar-refractivity contribution in [3.63, 3.8) is 0 Å². The third kappa shape index (κ3) is 2.86. The molecular formula is C18H21NO. The SMILES string of the molecule is COc1cccc(C2NCCC2Cc2ccccc2)c1. The molecule has 1 aliphatic rings. The number of nitrogens with one attached hydrogen (secondary N) is 1. The summed E-state index contributed by atoms with van der Waals surface area (Å²) in [4.78, 5) is 0. The monoisotopic (exact) mass is 267 g/mol. The van der Waals surface area contributed by atoms with Crippen molar-refractivity contribution in [2.45, 2.75) is 18.9 Å². The molecule has 0 bridgehead atoms.